The van der Waals surface area contributed by atoms with Crippen LogP contribution in [0.1, 0.15) is 11.6 Å². The Balaban J connectivity index is 0.00000242. The van der Waals surface area contributed by atoms with Crippen LogP contribution in [0.15, 0.2) is 18.2 Å². The summed E-state index contributed by atoms with van der Waals surface area (Å²) in [6.45, 7) is 1.83. The second-order valence-corrected chi connectivity index (χ2v) is 4.69. The maximum Gasteiger partial charge on any atom is 0.573 e. The van der Waals surface area contributed by atoms with Crippen LogP contribution in [0.2, 0.25) is 0 Å². The first-order valence-electron chi connectivity index (χ1n) is 6.46. The average molecular weight is 383 g/mol. The molecule has 0 bridgehead atoms. The van der Waals surface area contributed by atoms with E-state index in [0.29, 0.717) is 31.7 Å². The molecule has 1 aromatic rings. The number of ether oxygens (including phenoxy) is 1. The Labute approximate surface area is 143 Å². The Hall–Kier alpha value is -0.830. The van der Waals surface area contributed by atoms with Crippen LogP contribution < -0.4 is 10.1 Å². The molecule has 134 valence electrons. The van der Waals surface area contributed by atoms with Crippen LogP contribution in [0.5, 0.6) is 5.75 Å². The molecule has 2 rings (SSSR count). The van der Waals surface area contributed by atoms with Crippen molar-refractivity contribution in [1.82, 2.24) is 10.2 Å². The fourth-order valence-corrected chi connectivity index (χ4v) is 2.32. The summed E-state index contributed by atoms with van der Waals surface area (Å²) in [5.41, 5.74) is 0.298. The van der Waals surface area contributed by atoms with E-state index in [4.69, 9.17) is 0 Å². The summed E-state index contributed by atoms with van der Waals surface area (Å²) < 4.78 is 66.7. The molecule has 0 aromatic heterocycles. The molecule has 0 saturated carbocycles. The summed E-state index contributed by atoms with van der Waals surface area (Å²) in [5.74, 6) is -2.07. The number of piperazine rings is 1. The van der Waals surface area contributed by atoms with Crippen molar-refractivity contribution in [2.75, 3.05) is 32.9 Å². The maximum atomic E-state index is 13.7. The summed E-state index contributed by atoms with van der Waals surface area (Å²) in [5, 5.41) is 3.11. The van der Waals surface area contributed by atoms with Crippen molar-refractivity contribution < 1.29 is 26.7 Å². The van der Waals surface area contributed by atoms with Crippen LogP contribution in [-0.4, -0.2) is 44.1 Å². The highest BCUT2D eigenvalue weighted by Gasteiger charge is 2.32. The van der Waals surface area contributed by atoms with Crippen LogP contribution in [-0.2, 0) is 0 Å². The largest absolute Gasteiger partial charge is 0.573 e. The van der Waals surface area contributed by atoms with Crippen molar-refractivity contribution in [3.63, 3.8) is 0 Å². The number of alkyl halides is 4. The molecule has 1 heterocycles. The number of nitrogens with one attached hydrogen (secondary N) is 1. The van der Waals surface area contributed by atoms with Crippen molar-refractivity contribution in [1.29, 1.82) is 0 Å². The fraction of sp³-hybridized carbons (Fsp3) is 0.538. The van der Waals surface area contributed by atoms with E-state index in [1.807, 2.05) is 4.90 Å². The van der Waals surface area contributed by atoms with Crippen molar-refractivity contribution in [2.45, 2.75) is 12.4 Å². The van der Waals surface area contributed by atoms with Gasteiger partial charge < -0.3 is 10.1 Å². The Morgan fingerprint density at radius 3 is 2.26 bits per heavy atom. The fourth-order valence-electron chi connectivity index (χ4n) is 2.32. The second-order valence-electron chi connectivity index (χ2n) is 4.69. The van der Waals surface area contributed by atoms with Crippen LogP contribution in [0.25, 0.3) is 0 Å². The molecular formula is C13H17Cl2F5N2O. The third kappa shape index (κ3) is 6.29. The van der Waals surface area contributed by atoms with E-state index < -0.39 is 30.6 Å². The van der Waals surface area contributed by atoms with E-state index in [0.717, 1.165) is 12.1 Å². The number of hydrogen-bond acceptors (Lipinski definition) is 3. The van der Waals surface area contributed by atoms with Crippen molar-refractivity contribution in [3.8, 4) is 5.75 Å². The molecule has 0 aliphatic carbocycles. The average Bonchev–Trinajstić information content (AvgIpc) is 2.42. The van der Waals surface area contributed by atoms with Crippen molar-refractivity contribution >= 4 is 24.8 Å². The van der Waals surface area contributed by atoms with Crippen LogP contribution in [0.4, 0.5) is 22.0 Å². The highest BCUT2D eigenvalue weighted by atomic mass is 35.5. The zero-order valence-electron chi connectivity index (χ0n) is 11.9. The van der Waals surface area contributed by atoms with Crippen LogP contribution in [0.3, 0.4) is 0 Å². The van der Waals surface area contributed by atoms with E-state index in [1.165, 1.54) is 6.07 Å². The Morgan fingerprint density at radius 1 is 1.17 bits per heavy atom. The van der Waals surface area contributed by atoms with Gasteiger partial charge in [0.1, 0.15) is 6.67 Å². The topological polar surface area (TPSA) is 24.5 Å². The number of halogens is 7. The molecular weight excluding hydrogens is 366 g/mol. The monoisotopic (exact) mass is 382 g/mol. The lowest BCUT2D eigenvalue weighted by molar-refractivity contribution is -0.275. The molecule has 1 N–H and O–H groups in total. The predicted molar refractivity (Wildman–Crippen MR) is 80.7 cm³/mol. The summed E-state index contributed by atoms with van der Waals surface area (Å²) in [7, 11) is 0. The molecule has 1 aromatic carbocycles. The zero-order valence-corrected chi connectivity index (χ0v) is 13.5. The lowest BCUT2D eigenvalue weighted by Gasteiger charge is -2.33. The first-order valence-corrected chi connectivity index (χ1v) is 6.46. The highest BCUT2D eigenvalue weighted by molar-refractivity contribution is 5.85. The summed E-state index contributed by atoms with van der Waals surface area (Å²) in [6.07, 6.45) is -4.96. The predicted octanol–water partition coefficient (Wildman–Crippen LogP) is 3.48. The third-order valence-corrected chi connectivity index (χ3v) is 3.30. The van der Waals surface area contributed by atoms with Crippen molar-refractivity contribution in [2.24, 2.45) is 0 Å². The van der Waals surface area contributed by atoms with Gasteiger partial charge in [-0.2, -0.15) is 0 Å². The first kappa shape index (κ1) is 22.2. The minimum atomic E-state index is -4.96. The number of hydrogen-bond donors (Lipinski definition) is 1. The molecule has 1 aliphatic rings. The van der Waals surface area contributed by atoms with Gasteiger partial charge in [-0.15, -0.1) is 38.0 Å². The van der Waals surface area contributed by atoms with Gasteiger partial charge >= 0.3 is 6.36 Å². The molecule has 1 fully saturated rings. The molecule has 0 amide bonds. The number of nitrogens with zero attached hydrogens (tertiary/aromatic N) is 1. The smallest absolute Gasteiger partial charge is 0.403 e. The Morgan fingerprint density at radius 2 is 1.78 bits per heavy atom. The molecule has 23 heavy (non-hydrogen) atoms. The molecule has 1 atom stereocenters. The minimum absolute atomic E-state index is 0. The van der Waals surface area contributed by atoms with Gasteiger partial charge in [0.2, 0.25) is 0 Å². The molecule has 0 unspecified atom stereocenters. The van der Waals surface area contributed by atoms with E-state index in [1.54, 1.807) is 0 Å². The molecule has 1 aliphatic heterocycles. The zero-order chi connectivity index (χ0) is 15.5. The lowest BCUT2D eigenvalue weighted by atomic mass is 10.1. The van der Waals surface area contributed by atoms with Gasteiger partial charge in [-0.25, -0.2) is 8.78 Å². The van der Waals surface area contributed by atoms with Gasteiger partial charge in [-0.05, 0) is 17.7 Å². The van der Waals surface area contributed by atoms with E-state index in [-0.39, 0.29) is 24.8 Å². The van der Waals surface area contributed by atoms with E-state index >= 15 is 0 Å². The third-order valence-electron chi connectivity index (χ3n) is 3.30. The van der Waals surface area contributed by atoms with Gasteiger partial charge in [-0.1, -0.05) is 6.07 Å². The summed E-state index contributed by atoms with van der Waals surface area (Å²) >= 11 is 0. The van der Waals surface area contributed by atoms with Crippen LogP contribution >= 0.6 is 24.8 Å². The van der Waals surface area contributed by atoms with Gasteiger partial charge in [0.25, 0.3) is 0 Å². The minimum Gasteiger partial charge on any atom is -0.403 e. The SMILES string of the molecule is Cl.Cl.FC[C@@H](c1ccc(OC(F)(F)F)c(F)c1)N1CCNCC1. The van der Waals surface area contributed by atoms with Gasteiger partial charge in [0.15, 0.2) is 11.6 Å². The molecule has 0 radical (unpaired) electrons. The van der Waals surface area contributed by atoms with Crippen molar-refractivity contribution in [3.05, 3.63) is 29.6 Å². The molecule has 1 saturated heterocycles. The lowest BCUT2D eigenvalue weighted by Crippen LogP contribution is -2.45. The van der Waals surface area contributed by atoms with Crippen LogP contribution in [0, 0.1) is 5.82 Å². The van der Waals surface area contributed by atoms with Gasteiger partial charge in [0.05, 0.1) is 6.04 Å². The second kappa shape index (κ2) is 9.46. The molecule has 0 spiro atoms. The summed E-state index contributed by atoms with van der Waals surface area (Å²) in [4.78, 5) is 1.83. The van der Waals surface area contributed by atoms with Gasteiger partial charge in [0, 0.05) is 26.2 Å². The summed E-state index contributed by atoms with van der Waals surface area (Å²) in [6, 6.07) is 2.37. The Kier molecular flexibility index (Phi) is 9.12. The normalized spacial score (nSPS) is 16.9. The van der Waals surface area contributed by atoms with E-state index in [2.05, 4.69) is 10.1 Å². The number of benzene rings is 1. The van der Waals surface area contributed by atoms with E-state index in [9.17, 15) is 22.0 Å². The molecule has 10 heteroatoms. The maximum absolute atomic E-state index is 13.7. The Bertz CT molecular complexity index is 484. The quantitative estimate of drug-likeness (QED) is 0.806. The number of rotatable bonds is 4. The van der Waals surface area contributed by atoms with Gasteiger partial charge in [-0.3, -0.25) is 4.90 Å². The standard InChI is InChI=1S/C13H15F5N2O.2ClH/c14-8-11(20-5-3-19-4-6-20)9-1-2-12(10(15)7-9)21-13(16,17)18;;/h1-2,7,11,19H,3-6,8H2;2*1H/t11-;;/m0../s1. The molecule has 3 nitrogen and oxygen atoms in total. The highest BCUT2D eigenvalue weighted by Crippen LogP contribution is 2.29. The first-order chi connectivity index (χ1) is 9.90.